The van der Waals surface area contributed by atoms with E-state index in [1.54, 1.807) is 11.8 Å². The summed E-state index contributed by atoms with van der Waals surface area (Å²) in [6.07, 6.45) is 0.754. The standard InChI is InChI=1S/C16H26N2OS/c1-11(2)13-5-7-14(8-6-13)20-10-9-15(16(17)19)18-12(3)4/h5-8,11-12,15,18H,9-10H2,1-4H3,(H2,17,19). The molecule has 0 heterocycles. The molecule has 0 saturated carbocycles. The molecular weight excluding hydrogens is 268 g/mol. The van der Waals surface area contributed by atoms with Crippen LogP contribution in [0.15, 0.2) is 29.2 Å². The van der Waals surface area contributed by atoms with E-state index in [-0.39, 0.29) is 18.0 Å². The molecule has 1 unspecified atom stereocenters. The second-order valence-corrected chi connectivity index (χ2v) is 6.81. The molecular formula is C16H26N2OS. The second-order valence-electron chi connectivity index (χ2n) is 5.64. The van der Waals surface area contributed by atoms with E-state index in [0.29, 0.717) is 5.92 Å². The number of hydrogen-bond donors (Lipinski definition) is 2. The maximum Gasteiger partial charge on any atom is 0.234 e. The Balaban J connectivity index is 2.44. The lowest BCUT2D eigenvalue weighted by molar-refractivity contribution is -0.120. The predicted octanol–water partition coefficient (Wildman–Crippen LogP) is 3.14. The van der Waals surface area contributed by atoms with Crippen molar-refractivity contribution in [1.82, 2.24) is 5.32 Å². The van der Waals surface area contributed by atoms with Gasteiger partial charge in [-0.2, -0.15) is 0 Å². The average Bonchev–Trinajstić information content (AvgIpc) is 2.37. The fourth-order valence-electron chi connectivity index (χ4n) is 1.95. The monoisotopic (exact) mass is 294 g/mol. The minimum absolute atomic E-state index is 0.238. The van der Waals surface area contributed by atoms with Gasteiger partial charge >= 0.3 is 0 Å². The van der Waals surface area contributed by atoms with Crippen molar-refractivity contribution in [3.8, 4) is 0 Å². The van der Waals surface area contributed by atoms with Gasteiger partial charge in [-0.15, -0.1) is 11.8 Å². The summed E-state index contributed by atoms with van der Waals surface area (Å²) < 4.78 is 0. The van der Waals surface area contributed by atoms with Gasteiger partial charge in [-0.3, -0.25) is 4.79 Å². The minimum Gasteiger partial charge on any atom is -0.368 e. The van der Waals surface area contributed by atoms with Crippen LogP contribution in [0.4, 0.5) is 0 Å². The fourth-order valence-corrected chi connectivity index (χ4v) is 2.87. The number of hydrogen-bond acceptors (Lipinski definition) is 3. The van der Waals surface area contributed by atoms with Crippen molar-refractivity contribution in [1.29, 1.82) is 0 Å². The van der Waals surface area contributed by atoms with Crippen molar-refractivity contribution >= 4 is 17.7 Å². The first-order valence-corrected chi connectivity index (χ1v) is 8.16. The van der Waals surface area contributed by atoms with E-state index in [1.807, 2.05) is 13.8 Å². The molecule has 3 nitrogen and oxygen atoms in total. The third-order valence-electron chi connectivity index (χ3n) is 3.10. The van der Waals surface area contributed by atoms with Crippen LogP contribution in [0.2, 0.25) is 0 Å². The van der Waals surface area contributed by atoms with Crippen LogP contribution in [0.5, 0.6) is 0 Å². The molecule has 1 aromatic carbocycles. The van der Waals surface area contributed by atoms with E-state index in [2.05, 4.69) is 43.4 Å². The molecule has 3 N–H and O–H groups in total. The van der Waals surface area contributed by atoms with Crippen LogP contribution in [-0.2, 0) is 4.79 Å². The Hall–Kier alpha value is -1.00. The van der Waals surface area contributed by atoms with Crippen LogP contribution in [-0.4, -0.2) is 23.7 Å². The number of carbonyl (C=O) groups is 1. The molecule has 0 spiro atoms. The quantitative estimate of drug-likeness (QED) is 0.724. The van der Waals surface area contributed by atoms with Crippen molar-refractivity contribution in [3.63, 3.8) is 0 Å². The normalized spacial score (nSPS) is 12.9. The van der Waals surface area contributed by atoms with E-state index in [0.717, 1.165) is 12.2 Å². The van der Waals surface area contributed by atoms with Gasteiger partial charge in [-0.1, -0.05) is 39.8 Å². The molecule has 20 heavy (non-hydrogen) atoms. The van der Waals surface area contributed by atoms with Gasteiger partial charge in [-0.25, -0.2) is 0 Å². The third-order valence-corrected chi connectivity index (χ3v) is 4.15. The van der Waals surface area contributed by atoms with Crippen molar-refractivity contribution in [3.05, 3.63) is 29.8 Å². The maximum atomic E-state index is 11.3. The van der Waals surface area contributed by atoms with Crippen LogP contribution in [0.3, 0.4) is 0 Å². The summed E-state index contributed by atoms with van der Waals surface area (Å²) in [6.45, 7) is 8.43. The van der Waals surface area contributed by atoms with Gasteiger partial charge in [-0.05, 0) is 35.8 Å². The van der Waals surface area contributed by atoms with Crippen molar-refractivity contribution in [2.45, 2.75) is 57.0 Å². The van der Waals surface area contributed by atoms with Crippen LogP contribution in [0.25, 0.3) is 0 Å². The third kappa shape index (κ3) is 5.97. The number of nitrogens with two attached hydrogens (primary N) is 1. The molecule has 1 atom stereocenters. The van der Waals surface area contributed by atoms with Crippen LogP contribution in [0, 0.1) is 0 Å². The molecule has 112 valence electrons. The number of benzene rings is 1. The molecule has 0 fully saturated rings. The van der Waals surface area contributed by atoms with Gasteiger partial charge < -0.3 is 11.1 Å². The van der Waals surface area contributed by atoms with Crippen LogP contribution < -0.4 is 11.1 Å². The maximum absolute atomic E-state index is 11.3. The van der Waals surface area contributed by atoms with Gasteiger partial charge in [0.15, 0.2) is 0 Å². The lowest BCUT2D eigenvalue weighted by Gasteiger charge is -2.17. The average molecular weight is 294 g/mol. The summed E-state index contributed by atoms with van der Waals surface area (Å²) in [5, 5.41) is 3.20. The molecule has 1 rings (SSSR count). The summed E-state index contributed by atoms with van der Waals surface area (Å²) in [5.41, 5.74) is 6.76. The van der Waals surface area contributed by atoms with Crippen LogP contribution in [0.1, 0.15) is 45.6 Å². The summed E-state index contributed by atoms with van der Waals surface area (Å²) in [5.74, 6) is 1.17. The number of amides is 1. The number of thioether (sulfide) groups is 1. The Morgan fingerprint density at radius 1 is 1.20 bits per heavy atom. The van der Waals surface area contributed by atoms with Crippen molar-refractivity contribution in [2.24, 2.45) is 5.73 Å². The Labute approximate surface area is 126 Å². The zero-order valence-electron chi connectivity index (χ0n) is 12.8. The Bertz CT molecular complexity index is 415. The smallest absolute Gasteiger partial charge is 0.234 e. The molecule has 0 aromatic heterocycles. The molecule has 0 bridgehead atoms. The summed E-state index contributed by atoms with van der Waals surface area (Å²) >= 11 is 1.77. The fraction of sp³-hybridized carbons (Fsp3) is 0.562. The highest BCUT2D eigenvalue weighted by atomic mass is 32.2. The molecule has 1 amide bonds. The highest BCUT2D eigenvalue weighted by Gasteiger charge is 2.15. The SMILES string of the molecule is CC(C)NC(CCSc1ccc(C(C)C)cc1)C(N)=O. The Morgan fingerprint density at radius 3 is 2.25 bits per heavy atom. The number of nitrogens with one attached hydrogen (secondary N) is 1. The highest BCUT2D eigenvalue weighted by molar-refractivity contribution is 7.99. The highest BCUT2D eigenvalue weighted by Crippen LogP contribution is 2.22. The van der Waals surface area contributed by atoms with Crippen molar-refractivity contribution in [2.75, 3.05) is 5.75 Å². The van der Waals surface area contributed by atoms with Crippen LogP contribution >= 0.6 is 11.8 Å². The van der Waals surface area contributed by atoms with Gasteiger partial charge in [0, 0.05) is 10.9 Å². The molecule has 4 heteroatoms. The van der Waals surface area contributed by atoms with Gasteiger partial charge in [0.25, 0.3) is 0 Å². The molecule has 0 radical (unpaired) electrons. The lowest BCUT2D eigenvalue weighted by Crippen LogP contribution is -2.44. The molecule has 0 saturated heterocycles. The Morgan fingerprint density at radius 2 is 1.80 bits per heavy atom. The van der Waals surface area contributed by atoms with E-state index in [1.165, 1.54) is 10.5 Å². The summed E-state index contributed by atoms with van der Waals surface area (Å²) in [6, 6.07) is 8.67. The molecule has 0 aliphatic heterocycles. The zero-order valence-corrected chi connectivity index (χ0v) is 13.7. The molecule has 1 aromatic rings. The lowest BCUT2D eigenvalue weighted by atomic mass is 10.0. The van der Waals surface area contributed by atoms with Crippen molar-refractivity contribution < 1.29 is 4.79 Å². The van der Waals surface area contributed by atoms with E-state index in [4.69, 9.17) is 5.73 Å². The summed E-state index contributed by atoms with van der Waals surface area (Å²) in [4.78, 5) is 12.6. The Kier molecular flexibility index (Phi) is 7.10. The first-order chi connectivity index (χ1) is 9.40. The topological polar surface area (TPSA) is 55.1 Å². The van der Waals surface area contributed by atoms with E-state index < -0.39 is 0 Å². The number of rotatable bonds is 8. The second kappa shape index (κ2) is 8.32. The number of primary amides is 1. The zero-order chi connectivity index (χ0) is 15.1. The van der Waals surface area contributed by atoms with Gasteiger partial charge in [0.1, 0.15) is 0 Å². The van der Waals surface area contributed by atoms with E-state index >= 15 is 0 Å². The molecule has 0 aliphatic carbocycles. The van der Waals surface area contributed by atoms with Gasteiger partial charge in [0.05, 0.1) is 6.04 Å². The van der Waals surface area contributed by atoms with Gasteiger partial charge in [0.2, 0.25) is 5.91 Å². The largest absolute Gasteiger partial charge is 0.368 e. The minimum atomic E-state index is -0.269. The summed E-state index contributed by atoms with van der Waals surface area (Å²) in [7, 11) is 0. The first-order valence-electron chi connectivity index (χ1n) is 7.18. The van der Waals surface area contributed by atoms with E-state index in [9.17, 15) is 4.79 Å². The predicted molar refractivity (Wildman–Crippen MR) is 87.1 cm³/mol. The number of carbonyl (C=O) groups excluding carboxylic acids is 1. The first kappa shape index (κ1) is 17.1. The molecule has 0 aliphatic rings.